The van der Waals surface area contributed by atoms with Crippen LogP contribution in [0.15, 0.2) is 34.7 Å². The zero-order valence-electron chi connectivity index (χ0n) is 16.2. The van der Waals surface area contributed by atoms with Gasteiger partial charge in [0.25, 0.3) is 5.89 Å². The Morgan fingerprint density at radius 3 is 3.04 bits per heavy atom. The van der Waals surface area contributed by atoms with Crippen molar-refractivity contribution < 1.29 is 13.9 Å². The van der Waals surface area contributed by atoms with Gasteiger partial charge in [0.15, 0.2) is 0 Å². The van der Waals surface area contributed by atoms with Crippen molar-refractivity contribution in [2.45, 2.75) is 51.7 Å². The molecule has 7 heteroatoms. The molecule has 3 aromatic rings. The van der Waals surface area contributed by atoms with Crippen molar-refractivity contribution >= 4 is 16.8 Å². The van der Waals surface area contributed by atoms with E-state index in [1.54, 1.807) is 0 Å². The number of fused-ring (bicyclic) bond motifs is 1. The zero-order chi connectivity index (χ0) is 19.3. The van der Waals surface area contributed by atoms with Gasteiger partial charge in [0.2, 0.25) is 11.8 Å². The van der Waals surface area contributed by atoms with Crippen molar-refractivity contribution in [3.05, 3.63) is 36.2 Å². The number of ether oxygens (including phenoxy) is 1. The smallest absolute Gasteiger partial charge is 0.264 e. The number of unbranched alkanes of at least 4 members (excludes halogenated alkanes) is 1. The second-order valence-corrected chi connectivity index (χ2v) is 7.22. The molecule has 1 aromatic carbocycles. The van der Waals surface area contributed by atoms with Crippen LogP contribution in [0.5, 0.6) is 0 Å². The second kappa shape index (κ2) is 8.56. The lowest BCUT2D eigenvalue weighted by Crippen LogP contribution is -2.34. The summed E-state index contributed by atoms with van der Waals surface area (Å²) in [5.74, 6) is 1.04. The Bertz CT molecular complexity index is 940. The van der Waals surface area contributed by atoms with Crippen molar-refractivity contribution in [1.82, 2.24) is 20.1 Å². The molecule has 0 radical (unpaired) electrons. The molecule has 0 bridgehead atoms. The highest BCUT2D eigenvalue weighted by molar-refractivity contribution is 5.88. The van der Waals surface area contributed by atoms with Gasteiger partial charge in [0, 0.05) is 30.5 Å². The Hall–Kier alpha value is -2.67. The Morgan fingerprint density at radius 1 is 1.32 bits per heavy atom. The van der Waals surface area contributed by atoms with Crippen LogP contribution in [-0.2, 0) is 22.5 Å². The Labute approximate surface area is 164 Å². The lowest BCUT2D eigenvalue weighted by molar-refractivity contribution is -0.122. The van der Waals surface area contributed by atoms with Crippen LogP contribution < -0.4 is 5.32 Å². The molecule has 2 aromatic heterocycles. The molecule has 3 heterocycles. The van der Waals surface area contributed by atoms with Gasteiger partial charge in [-0.1, -0.05) is 31.5 Å². The Morgan fingerprint density at radius 2 is 2.21 bits per heavy atom. The molecule has 1 fully saturated rings. The van der Waals surface area contributed by atoms with Crippen LogP contribution in [0.25, 0.3) is 22.5 Å². The zero-order valence-corrected chi connectivity index (χ0v) is 16.2. The molecule has 1 unspecified atom stereocenters. The maximum Gasteiger partial charge on any atom is 0.264 e. The van der Waals surface area contributed by atoms with Crippen molar-refractivity contribution in [2.75, 3.05) is 13.2 Å². The molecule has 28 heavy (non-hydrogen) atoms. The van der Waals surface area contributed by atoms with E-state index in [1.165, 1.54) is 0 Å². The van der Waals surface area contributed by atoms with Gasteiger partial charge in [0.1, 0.15) is 12.2 Å². The summed E-state index contributed by atoms with van der Waals surface area (Å²) in [4.78, 5) is 12.6. The van der Waals surface area contributed by atoms with E-state index in [9.17, 15) is 4.79 Å². The number of nitrogens with one attached hydrogen (secondary N) is 1. The summed E-state index contributed by atoms with van der Waals surface area (Å²) in [5.41, 5.74) is 1.74. The molecule has 4 rings (SSSR count). The minimum Gasteiger partial charge on any atom is -0.419 e. The van der Waals surface area contributed by atoms with E-state index in [1.807, 2.05) is 34.9 Å². The van der Waals surface area contributed by atoms with Crippen molar-refractivity contribution in [1.29, 1.82) is 0 Å². The van der Waals surface area contributed by atoms with E-state index < -0.39 is 0 Å². The molecule has 1 N–H and O–H groups in total. The fraction of sp³-hybridized carbons (Fsp3) is 0.476. The summed E-state index contributed by atoms with van der Waals surface area (Å²) < 4.78 is 13.4. The van der Waals surface area contributed by atoms with E-state index in [2.05, 4.69) is 22.4 Å². The number of carbonyl (C=O) groups is 1. The third kappa shape index (κ3) is 4.09. The average molecular weight is 382 g/mol. The normalized spacial score (nSPS) is 16.7. The van der Waals surface area contributed by atoms with Gasteiger partial charge in [-0.3, -0.25) is 4.79 Å². The minimum absolute atomic E-state index is 0.0520. The fourth-order valence-electron chi connectivity index (χ4n) is 3.58. The lowest BCUT2D eigenvalue weighted by atomic mass is 10.2. The predicted octanol–water partition coefficient (Wildman–Crippen LogP) is 3.33. The molecule has 1 aliphatic heterocycles. The van der Waals surface area contributed by atoms with Crippen molar-refractivity contribution in [3.8, 4) is 11.6 Å². The topological polar surface area (TPSA) is 82.2 Å². The molecule has 0 spiro atoms. The second-order valence-electron chi connectivity index (χ2n) is 7.22. The van der Waals surface area contributed by atoms with Gasteiger partial charge in [0.05, 0.1) is 6.10 Å². The molecule has 0 saturated carbocycles. The first-order valence-corrected chi connectivity index (χ1v) is 10.0. The van der Waals surface area contributed by atoms with Gasteiger partial charge in [-0.2, -0.15) is 0 Å². The maximum atomic E-state index is 12.6. The number of nitrogens with zero attached hydrogens (tertiary/aromatic N) is 3. The number of amides is 1. The molecule has 148 valence electrons. The first kappa shape index (κ1) is 18.7. The monoisotopic (exact) mass is 382 g/mol. The number of rotatable bonds is 8. The quantitative estimate of drug-likeness (QED) is 0.646. The summed E-state index contributed by atoms with van der Waals surface area (Å²) in [5, 5.41) is 12.4. The van der Waals surface area contributed by atoms with E-state index in [0.29, 0.717) is 18.3 Å². The minimum atomic E-state index is -0.0520. The standard InChI is InChI=1S/C21H26N4O3/c1-2-3-10-20-23-24-21(28-20)18-12-15-7-4-5-9-17(15)25(18)14-19(26)22-13-16-8-6-11-27-16/h4-5,7,9,12,16H,2-3,6,8,10-11,13-14H2,1H3,(H,22,26). The van der Waals surface area contributed by atoms with Crippen LogP contribution in [0.2, 0.25) is 0 Å². The van der Waals surface area contributed by atoms with E-state index >= 15 is 0 Å². The number of hydrogen-bond acceptors (Lipinski definition) is 5. The number of aromatic nitrogens is 3. The summed E-state index contributed by atoms with van der Waals surface area (Å²) in [6.45, 7) is 3.66. The van der Waals surface area contributed by atoms with Gasteiger partial charge >= 0.3 is 0 Å². The number of benzene rings is 1. The van der Waals surface area contributed by atoms with Crippen LogP contribution in [-0.4, -0.2) is 39.9 Å². The summed E-state index contributed by atoms with van der Waals surface area (Å²) in [6.07, 6.45) is 5.04. The predicted molar refractivity (Wildman–Crippen MR) is 106 cm³/mol. The highest BCUT2D eigenvalue weighted by Crippen LogP contribution is 2.27. The van der Waals surface area contributed by atoms with Crippen molar-refractivity contribution in [3.63, 3.8) is 0 Å². The van der Waals surface area contributed by atoms with Crippen LogP contribution in [0, 0.1) is 0 Å². The van der Waals surface area contributed by atoms with E-state index in [-0.39, 0.29) is 18.6 Å². The third-order valence-electron chi connectivity index (χ3n) is 5.09. The molecular formula is C21H26N4O3. The number of hydrogen-bond donors (Lipinski definition) is 1. The SMILES string of the molecule is CCCCc1nnc(-c2cc3ccccc3n2CC(=O)NCC2CCCO2)o1. The molecule has 7 nitrogen and oxygen atoms in total. The third-order valence-corrected chi connectivity index (χ3v) is 5.09. The highest BCUT2D eigenvalue weighted by atomic mass is 16.5. The maximum absolute atomic E-state index is 12.6. The molecule has 0 aliphatic carbocycles. The van der Waals surface area contributed by atoms with E-state index in [0.717, 1.165) is 55.3 Å². The molecule has 1 atom stereocenters. The molecule has 1 saturated heterocycles. The van der Waals surface area contributed by atoms with Gasteiger partial charge in [-0.05, 0) is 31.4 Å². The van der Waals surface area contributed by atoms with Crippen LogP contribution in [0.3, 0.4) is 0 Å². The Kier molecular flexibility index (Phi) is 5.71. The Balaban J connectivity index is 1.56. The number of para-hydroxylation sites is 1. The molecular weight excluding hydrogens is 356 g/mol. The number of carbonyl (C=O) groups excluding carboxylic acids is 1. The lowest BCUT2D eigenvalue weighted by Gasteiger charge is -2.12. The van der Waals surface area contributed by atoms with Gasteiger partial charge in [-0.15, -0.1) is 10.2 Å². The van der Waals surface area contributed by atoms with Gasteiger partial charge < -0.3 is 19.0 Å². The highest BCUT2D eigenvalue weighted by Gasteiger charge is 2.20. The first-order chi connectivity index (χ1) is 13.7. The van der Waals surface area contributed by atoms with Crippen LogP contribution in [0.1, 0.15) is 38.5 Å². The molecule has 1 amide bonds. The summed E-state index contributed by atoms with van der Waals surface area (Å²) >= 11 is 0. The summed E-state index contributed by atoms with van der Waals surface area (Å²) in [7, 11) is 0. The molecule has 1 aliphatic rings. The van der Waals surface area contributed by atoms with Crippen LogP contribution in [0.4, 0.5) is 0 Å². The average Bonchev–Trinajstić information content (AvgIpc) is 3.45. The van der Waals surface area contributed by atoms with Crippen LogP contribution >= 0.6 is 0 Å². The first-order valence-electron chi connectivity index (χ1n) is 10.0. The largest absolute Gasteiger partial charge is 0.419 e. The fourth-order valence-corrected chi connectivity index (χ4v) is 3.58. The van der Waals surface area contributed by atoms with Crippen molar-refractivity contribution in [2.24, 2.45) is 0 Å². The van der Waals surface area contributed by atoms with E-state index in [4.69, 9.17) is 9.15 Å². The summed E-state index contributed by atoms with van der Waals surface area (Å²) in [6, 6.07) is 9.97. The van der Waals surface area contributed by atoms with Gasteiger partial charge in [-0.25, -0.2) is 0 Å². The number of aryl methyl sites for hydroxylation is 1.